The van der Waals surface area contributed by atoms with E-state index in [4.69, 9.17) is 14.5 Å². The van der Waals surface area contributed by atoms with Crippen LogP contribution in [0.25, 0.3) is 11.0 Å². The van der Waals surface area contributed by atoms with E-state index < -0.39 is 9.84 Å². The van der Waals surface area contributed by atoms with Crippen LogP contribution in [0.1, 0.15) is 5.56 Å². The van der Waals surface area contributed by atoms with Gasteiger partial charge < -0.3 is 23.8 Å². The first-order valence-electron chi connectivity index (χ1n) is 13.6. The number of imidazole rings is 1. The zero-order valence-corrected chi connectivity index (χ0v) is 26.1. The Hall–Kier alpha value is -5.17. The first-order valence-corrected chi connectivity index (χ1v) is 15.5. The van der Waals surface area contributed by atoms with Crippen molar-refractivity contribution in [3.05, 3.63) is 78.5 Å². The number of carbonyl (C=O) groups is 1. The molecule has 0 radical (unpaired) electrons. The molecule has 1 amide bonds. The van der Waals surface area contributed by atoms with Gasteiger partial charge in [0, 0.05) is 50.5 Å². The molecule has 12 nitrogen and oxygen atoms in total. The maximum atomic E-state index is 13.0. The molecule has 2 heterocycles. The summed E-state index contributed by atoms with van der Waals surface area (Å²) in [6.45, 7) is 0. The van der Waals surface area contributed by atoms with Crippen LogP contribution < -0.4 is 24.6 Å². The summed E-state index contributed by atoms with van der Waals surface area (Å²) in [4.78, 5) is 30.7. The summed E-state index contributed by atoms with van der Waals surface area (Å²) < 4.78 is 36.2. The predicted molar refractivity (Wildman–Crippen MR) is 170 cm³/mol. The van der Waals surface area contributed by atoms with Crippen molar-refractivity contribution in [2.75, 3.05) is 49.7 Å². The number of nitrogens with one attached hydrogen (secondary N) is 1. The number of fused-ring (bicyclic) bond motifs is 1. The second-order valence-electron chi connectivity index (χ2n) is 10.2. The average molecular weight is 616 g/mol. The van der Waals surface area contributed by atoms with Gasteiger partial charge in [-0.3, -0.25) is 10.1 Å². The van der Waals surface area contributed by atoms with Crippen molar-refractivity contribution in [3.8, 4) is 11.5 Å². The zero-order valence-electron chi connectivity index (χ0n) is 25.3. The molecule has 0 atom stereocenters. The fourth-order valence-corrected chi connectivity index (χ4v) is 5.35. The summed E-state index contributed by atoms with van der Waals surface area (Å²) in [5, 5.41) is 2.91. The smallest absolute Gasteiger partial charge is 0.231 e. The Bertz CT molecular complexity index is 1940. The highest BCUT2D eigenvalue weighted by Gasteiger charge is 2.17. The minimum Gasteiger partial charge on any atom is -0.497 e. The van der Waals surface area contributed by atoms with Gasteiger partial charge >= 0.3 is 0 Å². The van der Waals surface area contributed by atoms with Crippen molar-refractivity contribution in [3.63, 3.8) is 0 Å². The number of amides is 1. The minimum atomic E-state index is -3.29. The van der Waals surface area contributed by atoms with Gasteiger partial charge in [-0.15, -0.1) is 0 Å². The Morgan fingerprint density at radius 2 is 1.64 bits per heavy atom. The fourth-order valence-electron chi connectivity index (χ4n) is 4.72. The van der Waals surface area contributed by atoms with Gasteiger partial charge in [-0.05, 0) is 66.7 Å². The molecule has 1 N–H and O–H groups in total. The Morgan fingerprint density at radius 1 is 0.909 bits per heavy atom. The molecule has 0 aliphatic carbocycles. The Balaban J connectivity index is 1.34. The minimum absolute atomic E-state index is 0.0872. The Labute approximate surface area is 255 Å². The van der Waals surface area contributed by atoms with E-state index in [9.17, 15) is 13.2 Å². The molecule has 2 aromatic heterocycles. The largest absolute Gasteiger partial charge is 0.497 e. The molecule has 44 heavy (non-hydrogen) atoms. The van der Waals surface area contributed by atoms with Crippen LogP contribution in [0.3, 0.4) is 0 Å². The third kappa shape index (κ3) is 6.27. The van der Waals surface area contributed by atoms with Crippen LogP contribution in [0.4, 0.5) is 29.1 Å². The van der Waals surface area contributed by atoms with E-state index in [-0.39, 0.29) is 17.2 Å². The quantitative estimate of drug-likeness (QED) is 0.240. The zero-order chi connectivity index (χ0) is 31.6. The number of ether oxygens (including phenoxy) is 2. The first kappa shape index (κ1) is 30.3. The number of hydrogen-bond acceptors (Lipinski definition) is 10. The van der Waals surface area contributed by atoms with Crippen LogP contribution in [0.2, 0.25) is 0 Å². The van der Waals surface area contributed by atoms with Gasteiger partial charge in [-0.25, -0.2) is 18.4 Å². The number of methoxy groups -OCH3 is 2. The fraction of sp³-hybridized carbons (Fsp3) is 0.226. The molecule has 228 valence electrons. The highest BCUT2D eigenvalue weighted by Crippen LogP contribution is 2.30. The van der Waals surface area contributed by atoms with Crippen LogP contribution in [-0.4, -0.2) is 68.4 Å². The summed E-state index contributed by atoms with van der Waals surface area (Å²) in [6, 6.07) is 19.5. The average Bonchev–Trinajstić information content (AvgIpc) is 3.33. The van der Waals surface area contributed by atoms with E-state index in [0.29, 0.717) is 40.3 Å². The van der Waals surface area contributed by atoms with Gasteiger partial charge in [0.1, 0.15) is 17.3 Å². The van der Waals surface area contributed by atoms with E-state index in [2.05, 4.69) is 15.3 Å². The van der Waals surface area contributed by atoms with E-state index >= 15 is 0 Å². The van der Waals surface area contributed by atoms with Crippen LogP contribution in [0.15, 0.2) is 77.8 Å². The van der Waals surface area contributed by atoms with Crippen molar-refractivity contribution >= 4 is 55.9 Å². The van der Waals surface area contributed by atoms with Crippen molar-refractivity contribution in [2.45, 2.75) is 11.3 Å². The summed E-state index contributed by atoms with van der Waals surface area (Å²) >= 11 is 0. The van der Waals surface area contributed by atoms with Crippen LogP contribution in [0.5, 0.6) is 11.5 Å². The molecule has 0 spiro atoms. The maximum absolute atomic E-state index is 13.0. The first-order chi connectivity index (χ1) is 21.0. The molecular formula is C31H33N7O5S. The molecule has 3 aromatic carbocycles. The molecule has 5 aromatic rings. The number of benzene rings is 3. The van der Waals surface area contributed by atoms with Crippen LogP contribution >= 0.6 is 0 Å². The molecule has 0 fully saturated rings. The highest BCUT2D eigenvalue weighted by molar-refractivity contribution is 7.90. The predicted octanol–water partition coefficient (Wildman–Crippen LogP) is 4.50. The number of anilines is 5. The lowest BCUT2D eigenvalue weighted by Gasteiger charge is -2.22. The molecular weight excluding hydrogens is 582 g/mol. The van der Waals surface area contributed by atoms with Crippen LogP contribution in [-0.2, 0) is 28.1 Å². The number of aromatic nitrogens is 4. The number of nitrogens with zero attached hydrogens (tertiary/aromatic N) is 6. The normalized spacial score (nSPS) is 11.3. The van der Waals surface area contributed by atoms with E-state index in [1.165, 1.54) is 6.26 Å². The molecule has 0 bridgehead atoms. The monoisotopic (exact) mass is 615 g/mol. The second kappa shape index (κ2) is 12.2. The summed E-state index contributed by atoms with van der Waals surface area (Å²) in [6.07, 6.45) is 2.93. The second-order valence-corrected chi connectivity index (χ2v) is 12.2. The number of carbonyl (C=O) groups excluding carboxylic acids is 1. The Morgan fingerprint density at radius 3 is 2.32 bits per heavy atom. The number of sulfone groups is 1. The lowest BCUT2D eigenvalue weighted by Crippen LogP contribution is -2.17. The SMILES string of the molecule is COc1ccc(OC)c(CC(=O)Nc2nc3cc(N(C)c4ccnc(N(C)c5ccc(S(C)(=O)=O)cc5)n4)ccc3n2C)c1. The van der Waals surface area contributed by atoms with E-state index in [0.717, 1.165) is 16.9 Å². The lowest BCUT2D eigenvalue weighted by atomic mass is 10.1. The van der Waals surface area contributed by atoms with E-state index in [1.54, 1.807) is 73.8 Å². The third-order valence-electron chi connectivity index (χ3n) is 7.27. The van der Waals surface area contributed by atoms with Crippen molar-refractivity contribution in [1.29, 1.82) is 0 Å². The maximum Gasteiger partial charge on any atom is 0.231 e. The third-order valence-corrected chi connectivity index (χ3v) is 8.39. The highest BCUT2D eigenvalue weighted by atomic mass is 32.2. The van der Waals surface area contributed by atoms with Gasteiger partial charge in [0.25, 0.3) is 0 Å². The van der Waals surface area contributed by atoms with Gasteiger partial charge in [0.05, 0.1) is 36.6 Å². The van der Waals surface area contributed by atoms with Crippen molar-refractivity contribution in [1.82, 2.24) is 19.5 Å². The molecule has 5 rings (SSSR count). The number of aryl methyl sites for hydroxylation is 1. The van der Waals surface area contributed by atoms with Gasteiger partial charge in [0.15, 0.2) is 9.84 Å². The molecule has 13 heteroatoms. The lowest BCUT2D eigenvalue weighted by molar-refractivity contribution is -0.115. The topological polar surface area (TPSA) is 132 Å². The summed E-state index contributed by atoms with van der Waals surface area (Å²) in [5.74, 6) is 2.50. The van der Waals surface area contributed by atoms with Crippen molar-refractivity contribution in [2.24, 2.45) is 7.05 Å². The number of rotatable bonds is 10. The Kier molecular flexibility index (Phi) is 8.41. The molecule has 0 saturated heterocycles. The van der Waals surface area contributed by atoms with E-state index in [1.807, 2.05) is 48.8 Å². The van der Waals surface area contributed by atoms with Gasteiger partial charge in [-0.2, -0.15) is 4.98 Å². The van der Waals surface area contributed by atoms with Gasteiger partial charge in [0.2, 0.25) is 17.8 Å². The molecule has 0 unspecified atom stereocenters. The van der Waals surface area contributed by atoms with Crippen molar-refractivity contribution < 1.29 is 22.7 Å². The van der Waals surface area contributed by atoms with Gasteiger partial charge in [-0.1, -0.05) is 0 Å². The molecule has 0 aliphatic heterocycles. The number of hydrogen-bond donors (Lipinski definition) is 1. The summed E-state index contributed by atoms with van der Waals surface area (Å²) in [5.41, 5.74) is 3.82. The standard InChI is InChI=1S/C31H33N7O5S/c1-36(28-15-16-32-30(34-28)37(2)21-7-11-24(12-8-21)44(6,40)41)22-9-13-26-25(19-22)33-31(38(26)3)35-29(39)18-20-17-23(42-4)10-14-27(20)43-5/h7-17,19H,18H2,1-6H3,(H,33,35,39). The molecule has 0 saturated carbocycles. The summed E-state index contributed by atoms with van der Waals surface area (Å²) in [7, 11) is 5.39. The molecule has 0 aliphatic rings. The van der Waals surface area contributed by atoms with Crippen LogP contribution in [0, 0.1) is 0 Å².